The Morgan fingerprint density at radius 1 is 1.33 bits per heavy atom. The third-order valence-electron chi connectivity index (χ3n) is 3.81. The van der Waals surface area contributed by atoms with Gasteiger partial charge in [0.2, 0.25) is 0 Å². The minimum atomic E-state index is -0.736. The molecule has 0 amide bonds. The van der Waals surface area contributed by atoms with Crippen LogP contribution >= 0.6 is 0 Å². The van der Waals surface area contributed by atoms with Crippen molar-refractivity contribution in [2.24, 2.45) is 5.92 Å². The number of carboxylic acids is 1. The zero-order valence-electron chi connectivity index (χ0n) is 8.93. The summed E-state index contributed by atoms with van der Waals surface area (Å²) >= 11 is 0. The molecule has 3 aliphatic rings. The maximum atomic E-state index is 10.4. The lowest BCUT2D eigenvalue weighted by atomic mass is 9.79. The van der Waals surface area contributed by atoms with Crippen molar-refractivity contribution in [3.63, 3.8) is 0 Å². The van der Waals surface area contributed by atoms with Crippen LogP contribution in [0.5, 0.6) is 0 Å². The van der Waals surface area contributed by atoms with Crippen molar-refractivity contribution in [3.8, 4) is 0 Å². The van der Waals surface area contributed by atoms with Gasteiger partial charge in [0.25, 0.3) is 0 Å². The van der Waals surface area contributed by atoms with Gasteiger partial charge in [0.05, 0.1) is 6.10 Å². The molecule has 2 atom stereocenters. The standard InChI is InChI=1S/C11H19NO3/c13-10(14)3-1-2-9-11(15)8-4-6-12(9)7-5-8/h8-9,11,15H,1-7H2,(H,13,14). The first-order valence-electron chi connectivity index (χ1n) is 5.82. The number of carbonyl (C=O) groups is 1. The first kappa shape index (κ1) is 10.9. The summed E-state index contributed by atoms with van der Waals surface area (Å²) in [6.07, 6.45) is 3.72. The van der Waals surface area contributed by atoms with Gasteiger partial charge in [0.1, 0.15) is 0 Å². The van der Waals surface area contributed by atoms with Crippen LogP contribution < -0.4 is 0 Å². The van der Waals surface area contributed by atoms with Crippen LogP contribution in [0, 0.1) is 5.92 Å². The fourth-order valence-electron chi connectivity index (χ4n) is 2.94. The second kappa shape index (κ2) is 4.49. The number of nitrogens with zero attached hydrogens (tertiary/aromatic N) is 1. The number of aliphatic hydroxyl groups is 1. The Labute approximate surface area is 89.9 Å². The van der Waals surface area contributed by atoms with E-state index in [9.17, 15) is 9.90 Å². The molecular weight excluding hydrogens is 194 g/mol. The molecule has 0 radical (unpaired) electrons. The molecular formula is C11H19NO3. The minimum absolute atomic E-state index is 0.219. The first-order chi connectivity index (χ1) is 7.18. The van der Waals surface area contributed by atoms with Crippen molar-refractivity contribution in [1.29, 1.82) is 0 Å². The molecule has 3 aliphatic heterocycles. The lowest BCUT2D eigenvalue weighted by Gasteiger charge is -2.49. The van der Waals surface area contributed by atoms with Crippen LogP contribution in [0.3, 0.4) is 0 Å². The fraction of sp³-hybridized carbons (Fsp3) is 0.909. The number of aliphatic carboxylic acids is 1. The summed E-state index contributed by atoms with van der Waals surface area (Å²) < 4.78 is 0. The lowest BCUT2D eigenvalue weighted by molar-refractivity contribution is -0.137. The molecule has 3 heterocycles. The monoisotopic (exact) mass is 213 g/mol. The van der Waals surface area contributed by atoms with Crippen LogP contribution in [-0.2, 0) is 4.79 Å². The molecule has 0 aromatic rings. The quantitative estimate of drug-likeness (QED) is 0.721. The Morgan fingerprint density at radius 2 is 2.00 bits per heavy atom. The molecule has 3 rings (SSSR count). The maximum Gasteiger partial charge on any atom is 0.303 e. The van der Waals surface area contributed by atoms with E-state index in [1.165, 1.54) is 0 Å². The summed E-state index contributed by atoms with van der Waals surface area (Å²) in [6, 6.07) is 0.219. The lowest BCUT2D eigenvalue weighted by Crippen LogP contribution is -2.57. The summed E-state index contributed by atoms with van der Waals surface area (Å²) in [6.45, 7) is 2.17. The molecule has 0 aromatic carbocycles. The molecule has 2 bridgehead atoms. The predicted molar refractivity (Wildman–Crippen MR) is 55.6 cm³/mol. The van der Waals surface area contributed by atoms with E-state index in [2.05, 4.69) is 4.90 Å². The molecule has 0 aliphatic carbocycles. The Hall–Kier alpha value is -0.610. The summed E-state index contributed by atoms with van der Waals surface area (Å²) in [5.74, 6) is -0.273. The van der Waals surface area contributed by atoms with Gasteiger partial charge in [-0.05, 0) is 44.7 Å². The van der Waals surface area contributed by atoms with Gasteiger partial charge < -0.3 is 10.2 Å². The van der Waals surface area contributed by atoms with Crippen LogP contribution in [0.2, 0.25) is 0 Å². The molecule has 2 N–H and O–H groups in total. The smallest absolute Gasteiger partial charge is 0.303 e. The highest BCUT2D eigenvalue weighted by Crippen LogP contribution is 2.34. The number of rotatable bonds is 4. The Bertz CT molecular complexity index is 234. The highest BCUT2D eigenvalue weighted by molar-refractivity contribution is 5.66. The highest BCUT2D eigenvalue weighted by Gasteiger charge is 2.40. The molecule has 3 fully saturated rings. The summed E-state index contributed by atoms with van der Waals surface area (Å²) in [5.41, 5.74) is 0. The summed E-state index contributed by atoms with van der Waals surface area (Å²) in [4.78, 5) is 12.7. The third-order valence-corrected chi connectivity index (χ3v) is 3.81. The Morgan fingerprint density at radius 3 is 2.53 bits per heavy atom. The fourth-order valence-corrected chi connectivity index (χ4v) is 2.94. The molecule has 4 heteroatoms. The average Bonchev–Trinajstić information content (AvgIpc) is 2.22. The number of fused-ring (bicyclic) bond motifs is 3. The van der Waals surface area contributed by atoms with Crippen LogP contribution in [-0.4, -0.2) is 46.3 Å². The molecule has 4 nitrogen and oxygen atoms in total. The zero-order valence-corrected chi connectivity index (χ0v) is 8.93. The van der Waals surface area contributed by atoms with E-state index in [0.717, 1.165) is 32.4 Å². The van der Waals surface area contributed by atoms with Crippen LogP contribution in [0.15, 0.2) is 0 Å². The molecule has 86 valence electrons. The van der Waals surface area contributed by atoms with Crippen LogP contribution in [0.1, 0.15) is 32.1 Å². The molecule has 0 spiro atoms. The topological polar surface area (TPSA) is 60.8 Å². The molecule has 0 aromatic heterocycles. The van der Waals surface area contributed by atoms with E-state index in [0.29, 0.717) is 12.3 Å². The maximum absolute atomic E-state index is 10.4. The number of piperidine rings is 3. The second-order valence-electron chi connectivity index (χ2n) is 4.72. The van der Waals surface area contributed by atoms with Crippen molar-refractivity contribution in [2.45, 2.75) is 44.2 Å². The largest absolute Gasteiger partial charge is 0.481 e. The van der Waals surface area contributed by atoms with E-state index in [1.54, 1.807) is 0 Å². The van der Waals surface area contributed by atoms with Gasteiger partial charge in [-0.15, -0.1) is 0 Å². The molecule has 3 saturated heterocycles. The van der Waals surface area contributed by atoms with Gasteiger partial charge in [0.15, 0.2) is 0 Å². The van der Waals surface area contributed by atoms with Crippen LogP contribution in [0.4, 0.5) is 0 Å². The zero-order chi connectivity index (χ0) is 10.8. The van der Waals surface area contributed by atoms with Gasteiger partial charge in [-0.2, -0.15) is 0 Å². The normalized spacial score (nSPS) is 39.3. The van der Waals surface area contributed by atoms with Crippen molar-refractivity contribution >= 4 is 5.97 Å². The number of aliphatic hydroxyl groups excluding tert-OH is 1. The molecule has 15 heavy (non-hydrogen) atoms. The summed E-state index contributed by atoms with van der Waals surface area (Å²) in [7, 11) is 0. The Balaban J connectivity index is 1.83. The van der Waals surface area contributed by atoms with Crippen molar-refractivity contribution in [1.82, 2.24) is 4.90 Å². The van der Waals surface area contributed by atoms with Gasteiger partial charge in [-0.3, -0.25) is 9.69 Å². The van der Waals surface area contributed by atoms with E-state index >= 15 is 0 Å². The van der Waals surface area contributed by atoms with Gasteiger partial charge in [-0.25, -0.2) is 0 Å². The van der Waals surface area contributed by atoms with E-state index in [1.807, 2.05) is 0 Å². The van der Waals surface area contributed by atoms with Crippen LogP contribution in [0.25, 0.3) is 0 Å². The van der Waals surface area contributed by atoms with Crippen molar-refractivity contribution < 1.29 is 15.0 Å². The third kappa shape index (κ3) is 2.32. The predicted octanol–water partition coefficient (Wildman–Crippen LogP) is 0.696. The highest BCUT2D eigenvalue weighted by atomic mass is 16.4. The minimum Gasteiger partial charge on any atom is -0.481 e. The van der Waals surface area contributed by atoms with Crippen molar-refractivity contribution in [2.75, 3.05) is 13.1 Å². The van der Waals surface area contributed by atoms with Gasteiger partial charge >= 0.3 is 5.97 Å². The number of hydrogen-bond acceptors (Lipinski definition) is 3. The number of hydrogen-bond donors (Lipinski definition) is 2. The van der Waals surface area contributed by atoms with Gasteiger partial charge in [-0.1, -0.05) is 0 Å². The van der Waals surface area contributed by atoms with E-state index in [-0.39, 0.29) is 18.6 Å². The second-order valence-corrected chi connectivity index (χ2v) is 4.72. The van der Waals surface area contributed by atoms with E-state index in [4.69, 9.17) is 5.11 Å². The molecule has 2 unspecified atom stereocenters. The van der Waals surface area contributed by atoms with Gasteiger partial charge in [0, 0.05) is 12.5 Å². The number of carboxylic acid groups (broad SMARTS) is 1. The SMILES string of the molecule is O=C(O)CCCC1C(O)C2CCN1CC2. The summed E-state index contributed by atoms with van der Waals surface area (Å²) in [5, 5.41) is 18.6. The molecule has 0 saturated carbocycles. The van der Waals surface area contributed by atoms with E-state index < -0.39 is 5.97 Å². The first-order valence-corrected chi connectivity index (χ1v) is 5.82. The Kier molecular flexibility index (Phi) is 3.26. The van der Waals surface area contributed by atoms with Crippen molar-refractivity contribution in [3.05, 3.63) is 0 Å². The average molecular weight is 213 g/mol.